The quantitative estimate of drug-likeness (QED) is 0.337. The second-order valence-corrected chi connectivity index (χ2v) is 2.79. The van der Waals surface area contributed by atoms with Crippen molar-refractivity contribution in [1.29, 1.82) is 0 Å². The Hall–Kier alpha value is -1.47. The molecule has 0 aromatic carbocycles. The van der Waals surface area contributed by atoms with Crippen molar-refractivity contribution < 1.29 is 24.2 Å². The van der Waals surface area contributed by atoms with Gasteiger partial charge in [0.25, 0.3) is 5.91 Å². The second kappa shape index (κ2) is 4.16. The molecule has 7 nitrogen and oxygen atoms in total. The molecule has 2 atom stereocenters. The smallest absolute Gasteiger partial charge is 0.337 e. The molecule has 14 heavy (non-hydrogen) atoms. The molecule has 1 fully saturated rings. The van der Waals surface area contributed by atoms with Crippen LogP contribution in [0.2, 0.25) is 0 Å². The van der Waals surface area contributed by atoms with Gasteiger partial charge in [0.05, 0.1) is 6.42 Å². The maximum Gasteiger partial charge on any atom is 0.337 e. The van der Waals surface area contributed by atoms with Crippen molar-refractivity contribution in [2.45, 2.75) is 18.6 Å². The largest absolute Gasteiger partial charge is 0.450 e. The van der Waals surface area contributed by atoms with Gasteiger partial charge in [0.1, 0.15) is 0 Å². The number of amides is 2. The summed E-state index contributed by atoms with van der Waals surface area (Å²) in [5.41, 5.74) is 4.99. The molecule has 78 valence electrons. The van der Waals surface area contributed by atoms with E-state index in [9.17, 15) is 14.4 Å². The lowest BCUT2D eigenvalue weighted by atomic mass is 10.3. The first kappa shape index (κ1) is 10.6. The lowest BCUT2D eigenvalue weighted by Crippen LogP contribution is -2.36. The molecule has 4 N–H and O–H groups in total. The number of esters is 1. The molecule has 2 amide bonds. The monoisotopic (exact) mass is 202 g/mol. The summed E-state index contributed by atoms with van der Waals surface area (Å²) in [4.78, 5) is 32.5. The molecule has 0 aliphatic carbocycles. The highest BCUT2D eigenvalue weighted by molar-refractivity contribution is 6.05. The second-order valence-electron chi connectivity index (χ2n) is 2.79. The fourth-order valence-electron chi connectivity index (χ4n) is 0.940. The number of carbonyl (C=O) groups is 3. The normalized spacial score (nSPS) is 23.1. The fourth-order valence-corrected chi connectivity index (χ4v) is 0.940. The van der Waals surface area contributed by atoms with E-state index < -0.39 is 30.0 Å². The number of carbonyl (C=O) groups excluding carboxylic acids is 3. The van der Waals surface area contributed by atoms with Gasteiger partial charge < -0.3 is 15.6 Å². The van der Waals surface area contributed by atoms with Crippen LogP contribution >= 0.6 is 0 Å². The van der Waals surface area contributed by atoms with Crippen LogP contribution < -0.4 is 11.1 Å². The van der Waals surface area contributed by atoms with Crippen LogP contribution in [0.5, 0.6) is 0 Å². The predicted octanol–water partition coefficient (Wildman–Crippen LogP) is -2.74. The van der Waals surface area contributed by atoms with E-state index in [2.05, 4.69) is 4.74 Å². The van der Waals surface area contributed by atoms with E-state index in [1.165, 1.54) is 0 Å². The number of aliphatic hydroxyl groups excluding tert-OH is 1. The molecule has 1 heterocycles. The first-order chi connectivity index (χ1) is 6.54. The Labute approximate surface area is 79.2 Å². The number of aliphatic hydroxyl groups is 1. The Morgan fingerprint density at radius 3 is 2.79 bits per heavy atom. The van der Waals surface area contributed by atoms with Crippen molar-refractivity contribution >= 4 is 17.8 Å². The van der Waals surface area contributed by atoms with Crippen molar-refractivity contribution in [3.63, 3.8) is 0 Å². The summed E-state index contributed by atoms with van der Waals surface area (Å²) in [7, 11) is 0. The first-order valence-corrected chi connectivity index (χ1v) is 3.97. The Morgan fingerprint density at radius 1 is 1.71 bits per heavy atom. The summed E-state index contributed by atoms with van der Waals surface area (Å²) in [5.74, 6) is -2.18. The van der Waals surface area contributed by atoms with Crippen molar-refractivity contribution in [3.8, 4) is 0 Å². The lowest BCUT2D eigenvalue weighted by molar-refractivity contribution is -0.161. The van der Waals surface area contributed by atoms with Gasteiger partial charge in [-0.15, -0.1) is 0 Å². The molecular weight excluding hydrogens is 192 g/mol. The summed E-state index contributed by atoms with van der Waals surface area (Å²) < 4.78 is 4.54. The highest BCUT2D eigenvalue weighted by atomic mass is 16.6. The zero-order chi connectivity index (χ0) is 10.7. The number of hydrogen-bond donors (Lipinski definition) is 3. The van der Waals surface area contributed by atoms with Gasteiger partial charge in [-0.25, -0.2) is 4.79 Å². The SMILES string of the molecule is NCC(O)C(=O)OC1CC(=O)NC1=O. The van der Waals surface area contributed by atoms with Crippen LogP contribution in [0.3, 0.4) is 0 Å². The lowest BCUT2D eigenvalue weighted by Gasteiger charge is -2.11. The van der Waals surface area contributed by atoms with Gasteiger partial charge in [-0.05, 0) is 0 Å². The van der Waals surface area contributed by atoms with E-state index in [1.54, 1.807) is 0 Å². The Balaban J connectivity index is 2.49. The summed E-state index contributed by atoms with van der Waals surface area (Å²) >= 11 is 0. The summed E-state index contributed by atoms with van der Waals surface area (Å²) in [6, 6.07) is 0. The summed E-state index contributed by atoms with van der Waals surface area (Å²) in [6.07, 6.45) is -2.81. The average Bonchev–Trinajstić information content (AvgIpc) is 2.44. The minimum absolute atomic E-state index is 0.206. The highest BCUT2D eigenvalue weighted by Crippen LogP contribution is 2.07. The number of ether oxygens (including phenoxy) is 1. The van der Waals surface area contributed by atoms with Crippen LogP contribution in [0.1, 0.15) is 6.42 Å². The van der Waals surface area contributed by atoms with Gasteiger partial charge >= 0.3 is 5.97 Å². The van der Waals surface area contributed by atoms with E-state index in [4.69, 9.17) is 10.8 Å². The molecule has 1 aliphatic heterocycles. The van der Waals surface area contributed by atoms with Crippen LogP contribution in [0.4, 0.5) is 0 Å². The molecule has 2 unspecified atom stereocenters. The van der Waals surface area contributed by atoms with E-state index in [0.717, 1.165) is 0 Å². The van der Waals surface area contributed by atoms with Crippen molar-refractivity contribution in [3.05, 3.63) is 0 Å². The van der Waals surface area contributed by atoms with Gasteiger partial charge in [0.15, 0.2) is 12.2 Å². The molecule has 0 spiro atoms. The molecule has 0 radical (unpaired) electrons. The van der Waals surface area contributed by atoms with Gasteiger partial charge in [-0.1, -0.05) is 0 Å². The van der Waals surface area contributed by atoms with Crippen LogP contribution in [-0.2, 0) is 19.1 Å². The molecule has 0 aromatic rings. The minimum atomic E-state index is -1.46. The molecule has 1 aliphatic rings. The van der Waals surface area contributed by atoms with E-state index in [-0.39, 0.29) is 13.0 Å². The molecule has 0 bridgehead atoms. The predicted molar refractivity (Wildman–Crippen MR) is 42.7 cm³/mol. The van der Waals surface area contributed by atoms with Gasteiger partial charge in [-0.2, -0.15) is 0 Å². The first-order valence-electron chi connectivity index (χ1n) is 3.97. The Morgan fingerprint density at radius 2 is 2.36 bits per heavy atom. The highest BCUT2D eigenvalue weighted by Gasteiger charge is 2.34. The van der Waals surface area contributed by atoms with Crippen LogP contribution in [-0.4, -0.2) is 41.6 Å². The third kappa shape index (κ3) is 2.27. The van der Waals surface area contributed by atoms with Crippen LogP contribution in [0, 0.1) is 0 Å². The van der Waals surface area contributed by atoms with E-state index in [1.807, 2.05) is 5.32 Å². The third-order valence-electron chi connectivity index (χ3n) is 1.68. The van der Waals surface area contributed by atoms with E-state index >= 15 is 0 Å². The number of hydrogen-bond acceptors (Lipinski definition) is 6. The van der Waals surface area contributed by atoms with E-state index in [0.29, 0.717) is 0 Å². The van der Waals surface area contributed by atoms with Crippen molar-refractivity contribution in [2.24, 2.45) is 5.73 Å². The Bertz CT molecular complexity index is 277. The number of rotatable bonds is 3. The third-order valence-corrected chi connectivity index (χ3v) is 1.68. The van der Waals surface area contributed by atoms with Crippen molar-refractivity contribution in [1.82, 2.24) is 5.32 Å². The fraction of sp³-hybridized carbons (Fsp3) is 0.571. The van der Waals surface area contributed by atoms with Crippen LogP contribution in [0.25, 0.3) is 0 Å². The molecule has 7 heteroatoms. The zero-order valence-electron chi connectivity index (χ0n) is 7.23. The average molecular weight is 202 g/mol. The molecule has 0 saturated carbocycles. The van der Waals surface area contributed by atoms with Crippen LogP contribution in [0.15, 0.2) is 0 Å². The molecule has 0 aromatic heterocycles. The van der Waals surface area contributed by atoms with Crippen molar-refractivity contribution in [2.75, 3.05) is 6.54 Å². The Kier molecular flexibility index (Phi) is 3.15. The van der Waals surface area contributed by atoms with Gasteiger partial charge in [-0.3, -0.25) is 14.9 Å². The molecule has 1 rings (SSSR count). The molecule has 1 saturated heterocycles. The summed E-state index contributed by atoms with van der Waals surface area (Å²) in [5, 5.41) is 10.9. The topological polar surface area (TPSA) is 119 Å². The number of nitrogens with one attached hydrogen (secondary N) is 1. The maximum absolute atomic E-state index is 10.9. The standard InChI is InChI=1S/C7H10N2O5/c8-2-3(10)7(13)14-4-1-5(11)9-6(4)12/h3-4,10H,1-2,8H2,(H,9,11,12). The van der Waals surface area contributed by atoms with Gasteiger partial charge in [0.2, 0.25) is 5.91 Å². The number of imide groups is 1. The summed E-state index contributed by atoms with van der Waals surface area (Å²) in [6.45, 7) is -0.291. The molecular formula is C7H10N2O5. The maximum atomic E-state index is 10.9. The number of nitrogens with two attached hydrogens (primary N) is 1. The van der Waals surface area contributed by atoms with Gasteiger partial charge in [0, 0.05) is 6.54 Å². The zero-order valence-corrected chi connectivity index (χ0v) is 7.23. The minimum Gasteiger partial charge on any atom is -0.450 e.